The lowest BCUT2D eigenvalue weighted by Gasteiger charge is -2.20. The van der Waals surface area contributed by atoms with Crippen molar-refractivity contribution in [2.45, 2.75) is 26.2 Å². The Labute approximate surface area is 190 Å². The first-order valence-electron chi connectivity index (χ1n) is 9.56. The molecule has 2 aromatic rings. The normalized spacial score (nSPS) is 11.2. The van der Waals surface area contributed by atoms with Gasteiger partial charge in [-0.2, -0.15) is 0 Å². The van der Waals surface area contributed by atoms with Gasteiger partial charge in [0.05, 0.1) is 18.7 Å². The van der Waals surface area contributed by atoms with Gasteiger partial charge < -0.3 is 14.2 Å². The van der Waals surface area contributed by atoms with E-state index in [1.807, 2.05) is 18.2 Å². The summed E-state index contributed by atoms with van der Waals surface area (Å²) in [5.74, 6) is 0.717. The third-order valence-corrected chi connectivity index (χ3v) is 4.94. The SMILES string of the molecule is COc1ccc(C=CC(=O)NNC(=O)COc2ccc(C(C)(C)C)cc2Br)cc1OC. The standard InChI is InChI=1S/C23H27BrN2O5/c1-23(2,3)16-8-10-18(17(24)13-16)31-14-22(28)26-25-21(27)11-7-15-6-9-19(29-4)20(12-15)30-5/h6-13H,14H2,1-5H3,(H,25,27)(H,26,28). The summed E-state index contributed by atoms with van der Waals surface area (Å²) < 4.78 is 16.7. The van der Waals surface area contributed by atoms with E-state index in [4.69, 9.17) is 14.2 Å². The summed E-state index contributed by atoms with van der Waals surface area (Å²) in [6, 6.07) is 11.0. The molecule has 0 atom stereocenters. The fraction of sp³-hybridized carbons (Fsp3) is 0.304. The van der Waals surface area contributed by atoms with Crippen LogP contribution in [0.4, 0.5) is 0 Å². The van der Waals surface area contributed by atoms with Crippen LogP contribution in [0.15, 0.2) is 46.9 Å². The van der Waals surface area contributed by atoms with Crippen molar-refractivity contribution in [2.24, 2.45) is 0 Å². The van der Waals surface area contributed by atoms with Crippen molar-refractivity contribution >= 4 is 33.8 Å². The van der Waals surface area contributed by atoms with E-state index in [1.54, 1.807) is 31.4 Å². The number of halogens is 1. The third kappa shape index (κ3) is 7.32. The summed E-state index contributed by atoms with van der Waals surface area (Å²) in [5, 5.41) is 0. The largest absolute Gasteiger partial charge is 0.493 e. The second kappa shape index (κ2) is 10.9. The summed E-state index contributed by atoms with van der Waals surface area (Å²) in [6.07, 6.45) is 2.89. The second-order valence-electron chi connectivity index (χ2n) is 7.67. The molecule has 2 rings (SSSR count). The molecule has 0 fully saturated rings. The Bertz CT molecular complexity index is 967. The monoisotopic (exact) mass is 490 g/mol. The van der Waals surface area contributed by atoms with Crippen molar-refractivity contribution in [2.75, 3.05) is 20.8 Å². The molecule has 8 heteroatoms. The molecule has 166 valence electrons. The Kier molecular flexibility index (Phi) is 8.50. The van der Waals surface area contributed by atoms with Gasteiger partial charge in [0.25, 0.3) is 11.8 Å². The van der Waals surface area contributed by atoms with Gasteiger partial charge in [-0.3, -0.25) is 20.4 Å². The molecular formula is C23H27BrN2O5. The van der Waals surface area contributed by atoms with E-state index in [-0.39, 0.29) is 12.0 Å². The molecule has 0 aromatic heterocycles. The number of methoxy groups -OCH3 is 2. The number of carbonyl (C=O) groups is 2. The zero-order valence-corrected chi connectivity index (χ0v) is 19.8. The number of nitrogens with one attached hydrogen (secondary N) is 2. The van der Waals surface area contributed by atoms with Crippen LogP contribution in [0.5, 0.6) is 17.2 Å². The van der Waals surface area contributed by atoms with Crippen LogP contribution >= 0.6 is 15.9 Å². The second-order valence-corrected chi connectivity index (χ2v) is 8.52. The zero-order chi connectivity index (χ0) is 23.0. The molecule has 0 aliphatic heterocycles. The molecule has 0 aliphatic carbocycles. The zero-order valence-electron chi connectivity index (χ0n) is 18.2. The Balaban J connectivity index is 1.83. The van der Waals surface area contributed by atoms with Crippen LogP contribution in [0.1, 0.15) is 31.9 Å². The van der Waals surface area contributed by atoms with E-state index in [9.17, 15) is 9.59 Å². The highest BCUT2D eigenvalue weighted by Gasteiger charge is 2.15. The Morgan fingerprint density at radius 2 is 1.65 bits per heavy atom. The Morgan fingerprint density at radius 3 is 2.26 bits per heavy atom. The maximum atomic E-state index is 12.0. The first-order chi connectivity index (χ1) is 14.6. The van der Waals surface area contributed by atoms with E-state index >= 15 is 0 Å². The number of hydrogen-bond donors (Lipinski definition) is 2. The molecule has 0 bridgehead atoms. The van der Waals surface area contributed by atoms with Crippen molar-refractivity contribution < 1.29 is 23.8 Å². The maximum Gasteiger partial charge on any atom is 0.276 e. The van der Waals surface area contributed by atoms with E-state index in [2.05, 4.69) is 47.6 Å². The predicted molar refractivity (Wildman–Crippen MR) is 123 cm³/mol. The molecule has 0 unspecified atom stereocenters. The lowest BCUT2D eigenvalue weighted by Crippen LogP contribution is -2.43. The van der Waals surface area contributed by atoms with Crippen LogP contribution in [-0.4, -0.2) is 32.6 Å². The molecule has 7 nitrogen and oxygen atoms in total. The number of rotatable bonds is 7. The van der Waals surface area contributed by atoms with Gasteiger partial charge in [-0.15, -0.1) is 0 Å². The number of carbonyl (C=O) groups excluding carboxylic acids is 2. The molecule has 0 saturated carbocycles. The van der Waals surface area contributed by atoms with Crippen molar-refractivity contribution in [3.8, 4) is 17.2 Å². The van der Waals surface area contributed by atoms with Gasteiger partial charge in [0.15, 0.2) is 18.1 Å². The number of ether oxygens (including phenoxy) is 3. The van der Waals surface area contributed by atoms with Crippen LogP contribution in [0.2, 0.25) is 0 Å². The van der Waals surface area contributed by atoms with Crippen molar-refractivity contribution in [1.29, 1.82) is 0 Å². The minimum atomic E-state index is -0.487. The molecule has 2 aromatic carbocycles. The number of hydrazine groups is 1. The molecule has 0 saturated heterocycles. The smallest absolute Gasteiger partial charge is 0.276 e. The first-order valence-corrected chi connectivity index (χ1v) is 10.3. The summed E-state index contributed by atoms with van der Waals surface area (Å²) >= 11 is 3.46. The highest BCUT2D eigenvalue weighted by molar-refractivity contribution is 9.10. The lowest BCUT2D eigenvalue weighted by molar-refractivity contribution is -0.128. The topological polar surface area (TPSA) is 85.9 Å². The van der Waals surface area contributed by atoms with E-state index < -0.39 is 11.8 Å². The van der Waals surface area contributed by atoms with Crippen LogP contribution in [-0.2, 0) is 15.0 Å². The molecule has 31 heavy (non-hydrogen) atoms. The fourth-order valence-electron chi connectivity index (χ4n) is 2.57. The van der Waals surface area contributed by atoms with Gasteiger partial charge in [0.2, 0.25) is 0 Å². The molecule has 2 amide bonds. The third-order valence-electron chi connectivity index (χ3n) is 4.32. The molecule has 0 heterocycles. The predicted octanol–water partition coefficient (Wildman–Crippen LogP) is 4.00. The van der Waals surface area contributed by atoms with Crippen LogP contribution in [0, 0.1) is 0 Å². The van der Waals surface area contributed by atoms with Gasteiger partial charge in [0, 0.05) is 6.08 Å². The quantitative estimate of drug-likeness (QED) is 0.452. The Hall–Kier alpha value is -3.00. The minimum Gasteiger partial charge on any atom is -0.493 e. The van der Waals surface area contributed by atoms with Gasteiger partial charge in [-0.25, -0.2) is 0 Å². The van der Waals surface area contributed by atoms with E-state index in [1.165, 1.54) is 13.2 Å². The lowest BCUT2D eigenvalue weighted by atomic mass is 9.87. The fourth-order valence-corrected chi connectivity index (χ4v) is 3.06. The van der Waals surface area contributed by atoms with Crippen LogP contribution in [0.25, 0.3) is 6.08 Å². The Morgan fingerprint density at radius 1 is 0.968 bits per heavy atom. The summed E-state index contributed by atoms with van der Waals surface area (Å²) in [6.45, 7) is 6.11. The van der Waals surface area contributed by atoms with E-state index in [0.29, 0.717) is 17.2 Å². The maximum absolute atomic E-state index is 12.0. The van der Waals surface area contributed by atoms with Gasteiger partial charge in [-0.1, -0.05) is 32.9 Å². The summed E-state index contributed by atoms with van der Waals surface area (Å²) in [5.41, 5.74) is 6.51. The van der Waals surface area contributed by atoms with Crippen LogP contribution in [0.3, 0.4) is 0 Å². The average Bonchev–Trinajstić information content (AvgIpc) is 2.74. The first kappa shape index (κ1) is 24.3. The number of hydrogen-bond acceptors (Lipinski definition) is 5. The molecular weight excluding hydrogens is 464 g/mol. The highest BCUT2D eigenvalue weighted by Crippen LogP contribution is 2.31. The molecule has 0 radical (unpaired) electrons. The van der Waals surface area contributed by atoms with Crippen molar-refractivity contribution in [3.63, 3.8) is 0 Å². The van der Waals surface area contributed by atoms with Gasteiger partial charge >= 0.3 is 0 Å². The van der Waals surface area contributed by atoms with Gasteiger partial charge in [-0.05, 0) is 62.8 Å². The van der Waals surface area contributed by atoms with Gasteiger partial charge in [0.1, 0.15) is 5.75 Å². The number of amides is 2. The molecule has 0 aliphatic rings. The van der Waals surface area contributed by atoms with Crippen LogP contribution < -0.4 is 25.1 Å². The summed E-state index contributed by atoms with van der Waals surface area (Å²) in [7, 11) is 3.08. The summed E-state index contributed by atoms with van der Waals surface area (Å²) in [4.78, 5) is 23.9. The van der Waals surface area contributed by atoms with Crippen molar-refractivity contribution in [3.05, 3.63) is 58.1 Å². The van der Waals surface area contributed by atoms with E-state index in [0.717, 1.165) is 15.6 Å². The highest BCUT2D eigenvalue weighted by atomic mass is 79.9. The molecule has 0 spiro atoms. The molecule has 2 N–H and O–H groups in total. The minimum absolute atomic E-state index is 0.00712. The van der Waals surface area contributed by atoms with Crippen molar-refractivity contribution in [1.82, 2.24) is 10.9 Å². The average molecular weight is 491 g/mol. The number of benzene rings is 2.